The summed E-state index contributed by atoms with van der Waals surface area (Å²) in [6, 6.07) is 3.59. The predicted octanol–water partition coefficient (Wildman–Crippen LogP) is 3.79. The van der Waals surface area contributed by atoms with Crippen LogP contribution in [0.15, 0.2) is 22.9 Å². The first-order chi connectivity index (χ1) is 9.19. The first kappa shape index (κ1) is 14.5. The Balaban J connectivity index is 1.76. The van der Waals surface area contributed by atoms with Crippen molar-refractivity contribution >= 4 is 21.8 Å². The van der Waals surface area contributed by atoms with Gasteiger partial charge in [-0.25, -0.2) is 4.98 Å². The third kappa shape index (κ3) is 4.30. The van der Waals surface area contributed by atoms with Crippen molar-refractivity contribution in [3.8, 4) is 0 Å². The number of carbonyl (C=O) groups excluding carboxylic acids is 1. The molecule has 0 saturated heterocycles. The van der Waals surface area contributed by atoms with Crippen molar-refractivity contribution < 1.29 is 4.79 Å². The maximum Gasteiger partial charge on any atom is 0.252 e. The standard InChI is InChI=1S/C15H21BrN2O/c1-2-11-3-5-12(6-4-11)9-18-15(19)13-7-8-14(16)17-10-13/h7-8,10-12H,2-6,9H2,1H3,(H,18,19). The maximum atomic E-state index is 12.0. The Labute approximate surface area is 123 Å². The van der Waals surface area contributed by atoms with Crippen LogP contribution in [0.4, 0.5) is 0 Å². The van der Waals surface area contributed by atoms with Crippen molar-refractivity contribution in [3.05, 3.63) is 28.5 Å². The second kappa shape index (κ2) is 7.04. The fourth-order valence-corrected chi connectivity index (χ4v) is 2.93. The van der Waals surface area contributed by atoms with E-state index in [4.69, 9.17) is 0 Å². The number of hydrogen-bond donors (Lipinski definition) is 1. The molecule has 0 aliphatic heterocycles. The highest BCUT2D eigenvalue weighted by Crippen LogP contribution is 2.30. The maximum absolute atomic E-state index is 12.0. The molecular formula is C15H21BrN2O. The predicted molar refractivity (Wildman–Crippen MR) is 80.0 cm³/mol. The molecule has 104 valence electrons. The minimum atomic E-state index is -0.0161. The number of rotatable bonds is 4. The largest absolute Gasteiger partial charge is 0.352 e. The summed E-state index contributed by atoms with van der Waals surface area (Å²) >= 11 is 3.27. The van der Waals surface area contributed by atoms with E-state index >= 15 is 0 Å². The van der Waals surface area contributed by atoms with E-state index in [-0.39, 0.29) is 5.91 Å². The first-order valence-corrected chi connectivity index (χ1v) is 7.88. The lowest BCUT2D eigenvalue weighted by Gasteiger charge is -2.27. The molecule has 0 bridgehead atoms. The third-order valence-electron chi connectivity index (χ3n) is 4.08. The fourth-order valence-electron chi connectivity index (χ4n) is 2.69. The molecule has 1 aromatic rings. The van der Waals surface area contributed by atoms with E-state index in [1.54, 1.807) is 18.3 Å². The average molecular weight is 325 g/mol. The molecule has 0 aromatic carbocycles. The van der Waals surface area contributed by atoms with Crippen LogP contribution in [-0.4, -0.2) is 17.4 Å². The number of nitrogens with one attached hydrogen (secondary N) is 1. The highest BCUT2D eigenvalue weighted by atomic mass is 79.9. The van der Waals surface area contributed by atoms with Gasteiger partial charge in [0.2, 0.25) is 0 Å². The van der Waals surface area contributed by atoms with Gasteiger partial charge in [0.05, 0.1) is 5.56 Å². The van der Waals surface area contributed by atoms with Gasteiger partial charge in [-0.2, -0.15) is 0 Å². The minimum Gasteiger partial charge on any atom is -0.352 e. The molecule has 0 radical (unpaired) electrons. The number of amides is 1. The van der Waals surface area contributed by atoms with Gasteiger partial charge in [0.1, 0.15) is 4.60 Å². The molecule has 1 heterocycles. The molecule has 1 aromatic heterocycles. The molecule has 3 nitrogen and oxygen atoms in total. The van der Waals surface area contributed by atoms with Crippen LogP contribution >= 0.6 is 15.9 Å². The summed E-state index contributed by atoms with van der Waals surface area (Å²) in [6.07, 6.45) is 8.03. The molecule has 1 aliphatic carbocycles. The number of pyridine rings is 1. The summed E-state index contributed by atoms with van der Waals surface area (Å²) in [7, 11) is 0. The molecule has 2 rings (SSSR count). The second-order valence-electron chi connectivity index (χ2n) is 5.37. The molecule has 0 atom stereocenters. The van der Waals surface area contributed by atoms with Crippen LogP contribution in [0.3, 0.4) is 0 Å². The minimum absolute atomic E-state index is 0.0161. The Kier molecular flexibility index (Phi) is 5.37. The molecule has 1 amide bonds. The Morgan fingerprint density at radius 3 is 2.58 bits per heavy atom. The van der Waals surface area contributed by atoms with Crippen molar-refractivity contribution in [1.82, 2.24) is 10.3 Å². The summed E-state index contributed by atoms with van der Waals surface area (Å²) in [6.45, 7) is 3.07. The highest BCUT2D eigenvalue weighted by molar-refractivity contribution is 9.10. The Morgan fingerprint density at radius 2 is 2.00 bits per heavy atom. The number of aromatic nitrogens is 1. The topological polar surface area (TPSA) is 42.0 Å². The second-order valence-corrected chi connectivity index (χ2v) is 6.19. The van der Waals surface area contributed by atoms with Crippen LogP contribution in [0, 0.1) is 11.8 Å². The normalized spacial score (nSPS) is 23.1. The van der Waals surface area contributed by atoms with Gasteiger partial charge >= 0.3 is 0 Å². The molecule has 1 N–H and O–H groups in total. The zero-order valence-electron chi connectivity index (χ0n) is 11.4. The van der Waals surface area contributed by atoms with Gasteiger partial charge in [-0.1, -0.05) is 26.2 Å². The monoisotopic (exact) mass is 324 g/mol. The Hall–Kier alpha value is -0.900. The van der Waals surface area contributed by atoms with Gasteiger partial charge in [-0.3, -0.25) is 4.79 Å². The quantitative estimate of drug-likeness (QED) is 0.856. The van der Waals surface area contributed by atoms with Crippen LogP contribution in [0.1, 0.15) is 49.4 Å². The van der Waals surface area contributed by atoms with Crippen molar-refractivity contribution in [3.63, 3.8) is 0 Å². The fraction of sp³-hybridized carbons (Fsp3) is 0.600. The first-order valence-electron chi connectivity index (χ1n) is 7.08. The molecule has 4 heteroatoms. The highest BCUT2D eigenvalue weighted by Gasteiger charge is 2.20. The van der Waals surface area contributed by atoms with Gasteiger partial charge < -0.3 is 5.32 Å². The number of hydrogen-bond acceptors (Lipinski definition) is 2. The smallest absolute Gasteiger partial charge is 0.252 e. The van der Waals surface area contributed by atoms with Crippen molar-refractivity contribution in [2.75, 3.05) is 6.54 Å². The van der Waals surface area contributed by atoms with Crippen LogP contribution < -0.4 is 5.32 Å². The van der Waals surface area contributed by atoms with Gasteiger partial charge in [-0.05, 0) is 52.7 Å². The van der Waals surface area contributed by atoms with E-state index in [2.05, 4.69) is 33.2 Å². The van der Waals surface area contributed by atoms with E-state index in [0.29, 0.717) is 11.5 Å². The Bertz CT molecular complexity index is 411. The summed E-state index contributed by atoms with van der Waals surface area (Å²) in [5, 5.41) is 3.03. The molecule has 0 spiro atoms. The summed E-state index contributed by atoms with van der Waals surface area (Å²) in [4.78, 5) is 16.0. The SMILES string of the molecule is CCC1CCC(CNC(=O)c2ccc(Br)nc2)CC1. The van der Waals surface area contributed by atoms with Crippen LogP contribution in [0.25, 0.3) is 0 Å². The van der Waals surface area contributed by atoms with E-state index in [1.165, 1.54) is 32.1 Å². The number of carbonyl (C=O) groups is 1. The van der Waals surface area contributed by atoms with E-state index < -0.39 is 0 Å². The van der Waals surface area contributed by atoms with Crippen molar-refractivity contribution in [2.45, 2.75) is 39.0 Å². The number of nitrogens with zero attached hydrogens (tertiary/aromatic N) is 1. The van der Waals surface area contributed by atoms with Crippen LogP contribution in [0.2, 0.25) is 0 Å². The van der Waals surface area contributed by atoms with E-state index in [1.807, 2.05) is 0 Å². The molecule has 1 fully saturated rings. The van der Waals surface area contributed by atoms with Crippen LogP contribution in [-0.2, 0) is 0 Å². The molecular weight excluding hydrogens is 304 g/mol. The lowest BCUT2D eigenvalue weighted by atomic mass is 9.81. The summed E-state index contributed by atoms with van der Waals surface area (Å²) < 4.78 is 0.752. The third-order valence-corrected chi connectivity index (χ3v) is 4.55. The lowest BCUT2D eigenvalue weighted by Crippen LogP contribution is -2.31. The lowest BCUT2D eigenvalue weighted by molar-refractivity contribution is 0.0941. The molecule has 1 aliphatic rings. The van der Waals surface area contributed by atoms with Gasteiger partial charge in [0.25, 0.3) is 5.91 Å². The van der Waals surface area contributed by atoms with E-state index in [9.17, 15) is 4.79 Å². The van der Waals surface area contributed by atoms with Crippen molar-refractivity contribution in [1.29, 1.82) is 0 Å². The zero-order chi connectivity index (χ0) is 13.7. The zero-order valence-corrected chi connectivity index (χ0v) is 12.9. The van der Waals surface area contributed by atoms with Crippen LogP contribution in [0.5, 0.6) is 0 Å². The molecule has 19 heavy (non-hydrogen) atoms. The summed E-state index contributed by atoms with van der Waals surface area (Å²) in [5.41, 5.74) is 0.630. The van der Waals surface area contributed by atoms with Gasteiger partial charge in [-0.15, -0.1) is 0 Å². The number of halogens is 1. The van der Waals surface area contributed by atoms with Crippen molar-refractivity contribution in [2.24, 2.45) is 11.8 Å². The molecule has 0 unspecified atom stereocenters. The summed E-state index contributed by atoms with van der Waals surface area (Å²) in [5.74, 6) is 1.54. The average Bonchev–Trinajstić information content (AvgIpc) is 2.46. The molecule has 1 saturated carbocycles. The van der Waals surface area contributed by atoms with Gasteiger partial charge in [0, 0.05) is 12.7 Å². The Morgan fingerprint density at radius 1 is 1.32 bits per heavy atom. The van der Waals surface area contributed by atoms with Gasteiger partial charge in [0.15, 0.2) is 0 Å². The van der Waals surface area contributed by atoms with E-state index in [0.717, 1.165) is 17.1 Å².